The molecule has 0 bridgehead atoms. The van der Waals surface area contributed by atoms with Crippen molar-refractivity contribution in [1.29, 1.82) is 0 Å². The highest BCUT2D eigenvalue weighted by Crippen LogP contribution is 2.32. The molecule has 1 amide bonds. The van der Waals surface area contributed by atoms with Crippen LogP contribution >= 0.6 is 12.2 Å². The summed E-state index contributed by atoms with van der Waals surface area (Å²) in [5.74, 6) is -0.0431. The van der Waals surface area contributed by atoms with Gasteiger partial charge in [0.2, 0.25) is 0 Å². The average molecular weight is 498 g/mol. The number of carbonyl (C=O) groups excluding carboxylic acids is 2. The molecule has 2 aromatic rings. The van der Waals surface area contributed by atoms with Crippen LogP contribution in [0, 0.1) is 0 Å². The van der Waals surface area contributed by atoms with E-state index >= 15 is 0 Å². The maximum atomic E-state index is 13.6. The van der Waals surface area contributed by atoms with Crippen LogP contribution in [-0.4, -0.2) is 55.9 Å². The first kappa shape index (κ1) is 26.2. The van der Waals surface area contributed by atoms with E-state index < -0.39 is 12.0 Å². The monoisotopic (exact) mass is 497 g/mol. The first-order valence-electron chi connectivity index (χ1n) is 11.4. The number of nitrogens with one attached hydrogen (secondary N) is 2. The highest BCUT2D eigenvalue weighted by molar-refractivity contribution is 7.80. The van der Waals surface area contributed by atoms with Gasteiger partial charge in [0.1, 0.15) is 5.75 Å². The van der Waals surface area contributed by atoms with Gasteiger partial charge in [0.25, 0.3) is 5.91 Å². The molecule has 186 valence electrons. The number of allylic oxidation sites excluding steroid dienone is 1. The van der Waals surface area contributed by atoms with E-state index in [1.165, 1.54) is 7.11 Å². The predicted octanol–water partition coefficient (Wildman–Crippen LogP) is 4.05. The molecule has 1 aliphatic heterocycles. The summed E-state index contributed by atoms with van der Waals surface area (Å²) in [5.41, 5.74) is 3.13. The van der Waals surface area contributed by atoms with Crippen LogP contribution in [0.1, 0.15) is 42.2 Å². The second kappa shape index (κ2) is 12.3. The van der Waals surface area contributed by atoms with Gasteiger partial charge >= 0.3 is 5.97 Å². The Bertz CT molecular complexity index is 1100. The van der Waals surface area contributed by atoms with Gasteiger partial charge in [0.05, 0.1) is 31.4 Å². The molecule has 1 unspecified atom stereocenters. The average Bonchev–Trinajstić information content (AvgIpc) is 2.87. The minimum absolute atomic E-state index is 0.261. The largest absolute Gasteiger partial charge is 0.497 e. The van der Waals surface area contributed by atoms with Crippen LogP contribution in [0.3, 0.4) is 0 Å². The van der Waals surface area contributed by atoms with Gasteiger partial charge in [-0.05, 0) is 62.3 Å². The molecule has 0 fully saturated rings. The summed E-state index contributed by atoms with van der Waals surface area (Å²) in [5, 5.41) is 6.82. The molecule has 0 aromatic heterocycles. The van der Waals surface area contributed by atoms with Crippen LogP contribution in [0.5, 0.6) is 5.75 Å². The van der Waals surface area contributed by atoms with Crippen LogP contribution < -0.4 is 15.4 Å². The number of benzene rings is 2. The van der Waals surface area contributed by atoms with E-state index in [-0.39, 0.29) is 5.91 Å². The fourth-order valence-electron chi connectivity index (χ4n) is 3.89. The minimum atomic E-state index is -0.497. The Kier molecular flexibility index (Phi) is 9.22. The van der Waals surface area contributed by atoms with Crippen molar-refractivity contribution in [2.24, 2.45) is 0 Å². The molecule has 2 aromatic carbocycles. The van der Waals surface area contributed by atoms with Gasteiger partial charge in [-0.1, -0.05) is 18.2 Å². The molecule has 1 heterocycles. The highest BCUT2D eigenvalue weighted by atomic mass is 32.1. The normalized spacial score (nSPS) is 15.5. The highest BCUT2D eigenvalue weighted by Gasteiger charge is 2.34. The maximum Gasteiger partial charge on any atom is 0.337 e. The lowest BCUT2D eigenvalue weighted by atomic mass is 9.93. The summed E-state index contributed by atoms with van der Waals surface area (Å²) >= 11 is 5.66. The quantitative estimate of drug-likeness (QED) is 0.289. The molecule has 8 nitrogen and oxygen atoms in total. The van der Waals surface area contributed by atoms with Crippen molar-refractivity contribution in [3.63, 3.8) is 0 Å². The lowest BCUT2D eigenvalue weighted by Crippen LogP contribution is -2.48. The number of thiocarbonyl (C=S) groups is 1. The Morgan fingerprint density at radius 3 is 2.54 bits per heavy atom. The van der Waals surface area contributed by atoms with E-state index in [1.807, 2.05) is 30.9 Å². The number of amides is 1. The molecule has 0 spiro atoms. The molecule has 3 rings (SSSR count). The van der Waals surface area contributed by atoms with E-state index in [0.717, 1.165) is 17.7 Å². The summed E-state index contributed by atoms with van der Waals surface area (Å²) in [7, 11) is 2.92. The van der Waals surface area contributed by atoms with Gasteiger partial charge in [-0.15, -0.1) is 0 Å². The van der Waals surface area contributed by atoms with Crippen LogP contribution in [0.25, 0.3) is 0 Å². The number of hydrogen-bond acceptors (Lipinski definition) is 6. The number of esters is 1. The number of methoxy groups -OCH3 is 2. The summed E-state index contributed by atoms with van der Waals surface area (Å²) in [6.07, 6.45) is 0.760. The van der Waals surface area contributed by atoms with Crippen molar-refractivity contribution in [3.05, 3.63) is 70.9 Å². The zero-order valence-electron chi connectivity index (χ0n) is 20.4. The lowest BCUT2D eigenvalue weighted by Gasteiger charge is -2.38. The number of nitrogens with zero attached hydrogens (tertiary/aromatic N) is 1. The van der Waals surface area contributed by atoms with Crippen LogP contribution in [0.15, 0.2) is 59.8 Å². The Balaban J connectivity index is 1.96. The number of rotatable bonds is 10. The minimum Gasteiger partial charge on any atom is -0.497 e. The van der Waals surface area contributed by atoms with E-state index in [9.17, 15) is 9.59 Å². The zero-order chi connectivity index (χ0) is 25.4. The Hall–Kier alpha value is -3.43. The SMILES string of the molecule is CCOCCCN1C(=S)NC(c2ccc(C(=O)OC)cc2)C(C(=O)Nc2cccc(OC)c2)=C1C. The van der Waals surface area contributed by atoms with Crippen molar-refractivity contribution < 1.29 is 23.8 Å². The first-order chi connectivity index (χ1) is 16.9. The molecule has 1 aliphatic rings. The third-order valence-electron chi connectivity index (χ3n) is 5.71. The van der Waals surface area contributed by atoms with Crippen LogP contribution in [0.4, 0.5) is 5.69 Å². The number of anilines is 1. The molecular weight excluding hydrogens is 466 g/mol. The lowest BCUT2D eigenvalue weighted by molar-refractivity contribution is -0.113. The smallest absolute Gasteiger partial charge is 0.337 e. The van der Waals surface area contributed by atoms with E-state index in [0.29, 0.717) is 47.4 Å². The zero-order valence-corrected chi connectivity index (χ0v) is 21.2. The molecule has 0 radical (unpaired) electrons. The third kappa shape index (κ3) is 6.37. The van der Waals surface area contributed by atoms with Crippen LogP contribution in [-0.2, 0) is 14.3 Å². The van der Waals surface area contributed by atoms with E-state index in [4.69, 9.17) is 26.4 Å². The maximum absolute atomic E-state index is 13.6. The summed E-state index contributed by atoms with van der Waals surface area (Å²) < 4.78 is 15.5. The van der Waals surface area contributed by atoms with E-state index in [1.54, 1.807) is 43.5 Å². The van der Waals surface area contributed by atoms with Gasteiger partial charge in [0.15, 0.2) is 5.11 Å². The van der Waals surface area contributed by atoms with Crippen molar-refractivity contribution in [2.45, 2.75) is 26.3 Å². The molecule has 0 saturated heterocycles. The second-order valence-corrected chi connectivity index (χ2v) is 8.27. The van der Waals surface area contributed by atoms with Crippen molar-refractivity contribution in [3.8, 4) is 5.75 Å². The fraction of sp³-hybridized carbons (Fsp3) is 0.346. The van der Waals surface area contributed by atoms with Crippen LogP contribution in [0.2, 0.25) is 0 Å². The second-order valence-electron chi connectivity index (χ2n) is 7.88. The molecule has 2 N–H and O–H groups in total. The molecule has 0 saturated carbocycles. The third-order valence-corrected chi connectivity index (χ3v) is 6.05. The summed E-state index contributed by atoms with van der Waals surface area (Å²) in [6.45, 7) is 5.71. The van der Waals surface area contributed by atoms with Crippen molar-refractivity contribution in [2.75, 3.05) is 39.3 Å². The standard InChI is InChI=1S/C26H31N3O5S/c1-5-34-15-7-14-29-17(2)22(24(30)27-20-8-6-9-21(16-20)32-3)23(28-26(29)35)18-10-12-19(13-11-18)25(31)33-4/h6,8-13,16,23H,5,7,14-15H2,1-4H3,(H,27,30)(H,28,35). The fourth-order valence-corrected chi connectivity index (χ4v) is 4.24. The number of ether oxygens (including phenoxy) is 3. The van der Waals surface area contributed by atoms with Gasteiger partial charge < -0.3 is 29.7 Å². The van der Waals surface area contributed by atoms with Crippen molar-refractivity contribution >= 4 is 34.9 Å². The van der Waals surface area contributed by atoms with E-state index in [2.05, 4.69) is 10.6 Å². The molecular formula is C26H31N3O5S. The Morgan fingerprint density at radius 1 is 1.14 bits per heavy atom. The molecule has 1 atom stereocenters. The molecule has 35 heavy (non-hydrogen) atoms. The van der Waals surface area contributed by atoms with Gasteiger partial charge in [-0.3, -0.25) is 4.79 Å². The predicted molar refractivity (Wildman–Crippen MR) is 138 cm³/mol. The van der Waals surface area contributed by atoms with Crippen molar-refractivity contribution in [1.82, 2.24) is 10.2 Å². The molecule has 9 heteroatoms. The first-order valence-corrected chi connectivity index (χ1v) is 11.8. The summed E-state index contributed by atoms with van der Waals surface area (Å²) in [4.78, 5) is 27.4. The number of hydrogen-bond donors (Lipinski definition) is 2. The molecule has 0 aliphatic carbocycles. The van der Waals surface area contributed by atoms with Gasteiger partial charge in [-0.25, -0.2) is 4.79 Å². The Labute approximate surface area is 211 Å². The topological polar surface area (TPSA) is 89.1 Å². The van der Waals surface area contributed by atoms with Gasteiger partial charge in [-0.2, -0.15) is 0 Å². The Morgan fingerprint density at radius 2 is 1.89 bits per heavy atom. The summed E-state index contributed by atoms with van der Waals surface area (Å²) in [6, 6.07) is 13.6. The number of carbonyl (C=O) groups is 2. The van der Waals surface area contributed by atoms with Gasteiger partial charge in [0, 0.05) is 37.2 Å².